The van der Waals surface area contributed by atoms with Crippen molar-refractivity contribution in [2.75, 3.05) is 0 Å². The van der Waals surface area contributed by atoms with E-state index in [9.17, 15) is 0 Å². The Balaban J connectivity index is 3.01. The number of hydrogen-bond donors (Lipinski definition) is 1. The van der Waals surface area contributed by atoms with Crippen molar-refractivity contribution in [3.05, 3.63) is 23.8 Å². The molecule has 2 atom stereocenters. The molecule has 0 spiro atoms. The average molecular weight is 193 g/mol. The number of nitrogens with two attached hydrogens (primary N) is 1. The summed E-state index contributed by atoms with van der Waals surface area (Å²) in [5, 5.41) is 0. The van der Waals surface area contributed by atoms with E-state index in [2.05, 4.69) is 52.8 Å². The second-order valence-corrected chi connectivity index (χ2v) is 5.21. The fraction of sp³-hybridized carbons (Fsp3) is 0.692. The van der Waals surface area contributed by atoms with E-state index in [1.54, 1.807) is 0 Å². The third kappa shape index (κ3) is 1.93. The molecule has 1 heteroatoms. The molecule has 0 aliphatic heterocycles. The van der Waals surface area contributed by atoms with Gasteiger partial charge in [-0.05, 0) is 24.3 Å². The third-order valence-corrected chi connectivity index (χ3v) is 3.25. The molecule has 1 aliphatic carbocycles. The van der Waals surface area contributed by atoms with Crippen LogP contribution in [0.5, 0.6) is 0 Å². The summed E-state index contributed by atoms with van der Waals surface area (Å²) in [6.45, 7) is 11.1. The minimum Gasteiger partial charge on any atom is -0.321 e. The lowest BCUT2D eigenvalue weighted by atomic mass is 9.69. The molecule has 0 radical (unpaired) electrons. The van der Waals surface area contributed by atoms with E-state index in [4.69, 9.17) is 5.73 Å². The van der Waals surface area contributed by atoms with Gasteiger partial charge in [-0.1, -0.05) is 45.9 Å². The van der Waals surface area contributed by atoms with Crippen LogP contribution in [0.15, 0.2) is 23.8 Å². The summed E-state index contributed by atoms with van der Waals surface area (Å²) in [4.78, 5) is 0. The molecule has 1 nitrogen and oxygen atoms in total. The third-order valence-electron chi connectivity index (χ3n) is 3.25. The van der Waals surface area contributed by atoms with Gasteiger partial charge in [0.2, 0.25) is 0 Å². The monoisotopic (exact) mass is 193 g/mol. The molecule has 0 aromatic heterocycles. The molecule has 1 rings (SSSR count). The van der Waals surface area contributed by atoms with Crippen molar-refractivity contribution in [3.8, 4) is 0 Å². The molecule has 0 fully saturated rings. The molecule has 0 bridgehead atoms. The van der Waals surface area contributed by atoms with Gasteiger partial charge >= 0.3 is 0 Å². The van der Waals surface area contributed by atoms with Gasteiger partial charge in [-0.15, -0.1) is 0 Å². The maximum atomic E-state index is 6.45. The van der Waals surface area contributed by atoms with Crippen LogP contribution in [0.25, 0.3) is 0 Å². The molecule has 80 valence electrons. The first-order valence-electron chi connectivity index (χ1n) is 5.55. The van der Waals surface area contributed by atoms with Crippen LogP contribution in [0.3, 0.4) is 0 Å². The van der Waals surface area contributed by atoms with Crippen molar-refractivity contribution in [3.63, 3.8) is 0 Å². The first-order chi connectivity index (χ1) is 6.37. The van der Waals surface area contributed by atoms with Gasteiger partial charge in [0, 0.05) is 11.5 Å². The van der Waals surface area contributed by atoms with Gasteiger partial charge in [-0.2, -0.15) is 0 Å². The van der Waals surface area contributed by atoms with Gasteiger partial charge in [0.25, 0.3) is 0 Å². The van der Waals surface area contributed by atoms with Crippen LogP contribution in [-0.2, 0) is 0 Å². The van der Waals surface area contributed by atoms with Gasteiger partial charge in [0.1, 0.15) is 0 Å². The Labute approximate surface area is 88.1 Å². The summed E-state index contributed by atoms with van der Waals surface area (Å²) in [5.74, 6) is 1.60. The number of rotatable bonds is 2. The SMILES string of the molecule is CC(C)C1=CC=CC(C(C)C)[C@@]1(C)N. The molecule has 0 heterocycles. The zero-order valence-corrected chi connectivity index (χ0v) is 10.0. The van der Waals surface area contributed by atoms with E-state index < -0.39 is 0 Å². The summed E-state index contributed by atoms with van der Waals surface area (Å²) in [6.07, 6.45) is 6.59. The molecule has 1 aliphatic rings. The largest absolute Gasteiger partial charge is 0.321 e. The normalized spacial score (nSPS) is 32.6. The highest BCUT2D eigenvalue weighted by Crippen LogP contribution is 2.36. The van der Waals surface area contributed by atoms with E-state index in [1.165, 1.54) is 5.57 Å². The zero-order chi connectivity index (χ0) is 10.9. The van der Waals surface area contributed by atoms with Crippen LogP contribution in [0.4, 0.5) is 0 Å². The summed E-state index contributed by atoms with van der Waals surface area (Å²) in [6, 6.07) is 0. The Bertz CT molecular complexity index is 256. The Morgan fingerprint density at radius 1 is 1.29 bits per heavy atom. The Kier molecular flexibility index (Phi) is 3.20. The predicted molar refractivity (Wildman–Crippen MR) is 63.0 cm³/mol. The minimum atomic E-state index is -0.170. The molecule has 0 aromatic rings. The Morgan fingerprint density at radius 3 is 2.29 bits per heavy atom. The second kappa shape index (κ2) is 3.90. The Morgan fingerprint density at radius 2 is 1.86 bits per heavy atom. The number of allylic oxidation sites excluding steroid dienone is 2. The lowest BCUT2D eigenvalue weighted by Gasteiger charge is -2.41. The standard InChI is InChI=1S/C13H23N/c1-9(2)11-7-6-8-12(10(3)4)13(11,5)14/h6-11H,14H2,1-5H3/t11?,13-/m1/s1. The van der Waals surface area contributed by atoms with E-state index in [0.717, 1.165) is 0 Å². The summed E-state index contributed by atoms with van der Waals surface area (Å²) in [7, 11) is 0. The zero-order valence-electron chi connectivity index (χ0n) is 10.0. The second-order valence-electron chi connectivity index (χ2n) is 5.21. The molecule has 0 saturated carbocycles. The highest BCUT2D eigenvalue weighted by molar-refractivity contribution is 5.33. The lowest BCUT2D eigenvalue weighted by Crippen LogP contribution is -2.49. The van der Waals surface area contributed by atoms with E-state index in [-0.39, 0.29) is 5.54 Å². The topological polar surface area (TPSA) is 26.0 Å². The first-order valence-corrected chi connectivity index (χ1v) is 5.55. The fourth-order valence-electron chi connectivity index (χ4n) is 2.58. The van der Waals surface area contributed by atoms with E-state index in [0.29, 0.717) is 17.8 Å². The lowest BCUT2D eigenvalue weighted by molar-refractivity contribution is 0.299. The van der Waals surface area contributed by atoms with Crippen LogP contribution in [0, 0.1) is 17.8 Å². The van der Waals surface area contributed by atoms with Gasteiger partial charge in [-0.3, -0.25) is 0 Å². The van der Waals surface area contributed by atoms with Gasteiger partial charge in [0.05, 0.1) is 0 Å². The molecule has 0 aromatic carbocycles. The molecule has 2 N–H and O–H groups in total. The molecule has 0 amide bonds. The van der Waals surface area contributed by atoms with Crippen LogP contribution in [0.2, 0.25) is 0 Å². The van der Waals surface area contributed by atoms with Gasteiger partial charge in [0.15, 0.2) is 0 Å². The molecule has 0 saturated heterocycles. The van der Waals surface area contributed by atoms with Crippen LogP contribution < -0.4 is 5.73 Å². The maximum absolute atomic E-state index is 6.45. The summed E-state index contributed by atoms with van der Waals surface area (Å²) in [5.41, 5.74) is 7.65. The van der Waals surface area contributed by atoms with Crippen molar-refractivity contribution in [2.45, 2.75) is 40.2 Å². The van der Waals surface area contributed by atoms with E-state index >= 15 is 0 Å². The van der Waals surface area contributed by atoms with Crippen molar-refractivity contribution < 1.29 is 0 Å². The fourth-order valence-corrected chi connectivity index (χ4v) is 2.58. The highest BCUT2D eigenvalue weighted by atomic mass is 14.8. The van der Waals surface area contributed by atoms with Gasteiger partial charge < -0.3 is 5.73 Å². The molecular formula is C13H23N. The van der Waals surface area contributed by atoms with Crippen molar-refractivity contribution in [1.82, 2.24) is 0 Å². The highest BCUT2D eigenvalue weighted by Gasteiger charge is 2.36. The molecule has 14 heavy (non-hydrogen) atoms. The minimum absolute atomic E-state index is 0.170. The first kappa shape index (κ1) is 11.5. The van der Waals surface area contributed by atoms with Gasteiger partial charge in [-0.25, -0.2) is 0 Å². The average Bonchev–Trinajstić information content (AvgIpc) is 2.01. The van der Waals surface area contributed by atoms with Crippen molar-refractivity contribution in [1.29, 1.82) is 0 Å². The van der Waals surface area contributed by atoms with Crippen molar-refractivity contribution in [2.24, 2.45) is 23.5 Å². The van der Waals surface area contributed by atoms with Crippen molar-refractivity contribution >= 4 is 0 Å². The van der Waals surface area contributed by atoms with Crippen LogP contribution in [-0.4, -0.2) is 5.54 Å². The summed E-state index contributed by atoms with van der Waals surface area (Å²) < 4.78 is 0. The maximum Gasteiger partial charge on any atom is 0.0411 e. The van der Waals surface area contributed by atoms with Crippen LogP contribution >= 0.6 is 0 Å². The molecular weight excluding hydrogens is 170 g/mol. The predicted octanol–water partition coefficient (Wildman–Crippen LogP) is 3.13. The quantitative estimate of drug-likeness (QED) is 0.716. The van der Waals surface area contributed by atoms with Crippen LogP contribution in [0.1, 0.15) is 34.6 Å². The van der Waals surface area contributed by atoms with E-state index in [1.807, 2.05) is 0 Å². The smallest absolute Gasteiger partial charge is 0.0411 e. The molecule has 1 unspecified atom stereocenters. The number of hydrogen-bond acceptors (Lipinski definition) is 1. The Hall–Kier alpha value is -0.560. The summed E-state index contributed by atoms with van der Waals surface area (Å²) >= 11 is 0.